The molecule has 0 atom stereocenters. The summed E-state index contributed by atoms with van der Waals surface area (Å²) in [6, 6.07) is 11.3. The van der Waals surface area contributed by atoms with E-state index in [0.717, 1.165) is 44.0 Å². The molecular formula is C19H23N3O3. The lowest BCUT2D eigenvalue weighted by Gasteiger charge is -2.26. The standard InChI is InChI=1S/C19H23N3O3/c1-24-18-7-6-17(14-21-18)15-2-4-16(5-3-15)19(23)20-8-9-22-10-12-25-13-11-22/h2-7,14H,8-13H2,1H3,(H,20,23). The molecule has 1 aliphatic heterocycles. The second kappa shape index (κ2) is 8.60. The molecule has 3 rings (SSSR count). The van der Waals surface area contributed by atoms with Crippen molar-refractivity contribution in [1.82, 2.24) is 15.2 Å². The van der Waals surface area contributed by atoms with Gasteiger partial charge in [-0.2, -0.15) is 0 Å². The minimum atomic E-state index is -0.0485. The third-order valence-corrected chi connectivity index (χ3v) is 4.24. The SMILES string of the molecule is COc1ccc(-c2ccc(C(=O)NCCN3CCOCC3)cc2)cn1. The molecule has 6 heteroatoms. The molecular weight excluding hydrogens is 318 g/mol. The van der Waals surface area contributed by atoms with Crippen molar-refractivity contribution in [3.63, 3.8) is 0 Å². The van der Waals surface area contributed by atoms with E-state index < -0.39 is 0 Å². The quantitative estimate of drug-likeness (QED) is 0.868. The van der Waals surface area contributed by atoms with Crippen molar-refractivity contribution in [3.8, 4) is 17.0 Å². The Morgan fingerprint density at radius 3 is 2.52 bits per heavy atom. The number of hydrogen-bond donors (Lipinski definition) is 1. The fourth-order valence-corrected chi connectivity index (χ4v) is 2.74. The molecule has 0 unspecified atom stereocenters. The van der Waals surface area contributed by atoms with Crippen LogP contribution in [-0.2, 0) is 4.74 Å². The molecule has 1 aliphatic rings. The topological polar surface area (TPSA) is 63.7 Å². The summed E-state index contributed by atoms with van der Waals surface area (Å²) in [5, 5.41) is 2.97. The van der Waals surface area contributed by atoms with Gasteiger partial charge in [-0.3, -0.25) is 9.69 Å². The highest BCUT2D eigenvalue weighted by atomic mass is 16.5. The average molecular weight is 341 g/mol. The van der Waals surface area contributed by atoms with E-state index >= 15 is 0 Å². The summed E-state index contributed by atoms with van der Waals surface area (Å²) < 4.78 is 10.4. The summed E-state index contributed by atoms with van der Waals surface area (Å²) in [5.74, 6) is 0.535. The number of benzene rings is 1. The molecule has 0 radical (unpaired) electrons. The van der Waals surface area contributed by atoms with Crippen molar-refractivity contribution in [1.29, 1.82) is 0 Å². The van der Waals surface area contributed by atoms with Crippen LogP contribution in [0.3, 0.4) is 0 Å². The van der Waals surface area contributed by atoms with E-state index in [4.69, 9.17) is 9.47 Å². The van der Waals surface area contributed by atoms with Gasteiger partial charge in [0, 0.05) is 49.6 Å². The van der Waals surface area contributed by atoms with Crippen molar-refractivity contribution in [2.75, 3.05) is 46.5 Å². The van der Waals surface area contributed by atoms with Crippen molar-refractivity contribution in [2.45, 2.75) is 0 Å². The number of morpholine rings is 1. The average Bonchev–Trinajstić information content (AvgIpc) is 2.69. The van der Waals surface area contributed by atoms with Crippen molar-refractivity contribution >= 4 is 5.91 Å². The van der Waals surface area contributed by atoms with Gasteiger partial charge in [0.25, 0.3) is 5.91 Å². The van der Waals surface area contributed by atoms with Gasteiger partial charge in [0.2, 0.25) is 5.88 Å². The Hall–Kier alpha value is -2.44. The summed E-state index contributed by atoms with van der Waals surface area (Å²) in [7, 11) is 1.59. The summed E-state index contributed by atoms with van der Waals surface area (Å²) in [6.07, 6.45) is 1.76. The lowest BCUT2D eigenvalue weighted by Crippen LogP contribution is -2.41. The molecule has 132 valence electrons. The van der Waals surface area contributed by atoms with Crippen LogP contribution in [0, 0.1) is 0 Å². The number of amides is 1. The Labute approximate surface area is 147 Å². The van der Waals surface area contributed by atoms with Crippen molar-refractivity contribution in [2.24, 2.45) is 0 Å². The molecule has 1 aromatic heterocycles. The number of carbonyl (C=O) groups excluding carboxylic acids is 1. The van der Waals surface area contributed by atoms with Gasteiger partial charge in [0.1, 0.15) is 0 Å². The van der Waals surface area contributed by atoms with Gasteiger partial charge in [0.05, 0.1) is 20.3 Å². The molecule has 1 N–H and O–H groups in total. The minimum Gasteiger partial charge on any atom is -0.481 e. The molecule has 0 saturated carbocycles. The molecule has 1 amide bonds. The highest BCUT2D eigenvalue weighted by molar-refractivity contribution is 5.94. The van der Waals surface area contributed by atoms with E-state index in [0.29, 0.717) is 18.0 Å². The van der Waals surface area contributed by atoms with Gasteiger partial charge in [-0.05, 0) is 23.8 Å². The number of nitrogens with one attached hydrogen (secondary N) is 1. The van der Waals surface area contributed by atoms with E-state index in [-0.39, 0.29) is 5.91 Å². The highest BCUT2D eigenvalue weighted by Gasteiger charge is 2.11. The first-order chi connectivity index (χ1) is 12.3. The maximum atomic E-state index is 12.2. The third kappa shape index (κ3) is 4.78. The Bertz CT molecular complexity index is 680. The Kier molecular flexibility index (Phi) is 5.98. The fourth-order valence-electron chi connectivity index (χ4n) is 2.74. The van der Waals surface area contributed by atoms with E-state index in [1.807, 2.05) is 36.4 Å². The van der Waals surface area contributed by atoms with Crippen LogP contribution in [0.2, 0.25) is 0 Å². The zero-order valence-corrected chi connectivity index (χ0v) is 14.4. The zero-order chi connectivity index (χ0) is 17.5. The maximum Gasteiger partial charge on any atom is 0.251 e. The number of nitrogens with zero attached hydrogens (tertiary/aromatic N) is 2. The lowest BCUT2D eigenvalue weighted by molar-refractivity contribution is 0.0383. The van der Waals surface area contributed by atoms with E-state index in [1.165, 1.54) is 0 Å². The third-order valence-electron chi connectivity index (χ3n) is 4.24. The van der Waals surface area contributed by atoms with Crippen LogP contribution in [0.5, 0.6) is 5.88 Å². The van der Waals surface area contributed by atoms with Crippen LogP contribution in [0.4, 0.5) is 0 Å². The summed E-state index contributed by atoms with van der Waals surface area (Å²) >= 11 is 0. The summed E-state index contributed by atoms with van der Waals surface area (Å²) in [5.41, 5.74) is 2.66. The monoisotopic (exact) mass is 341 g/mol. The Morgan fingerprint density at radius 2 is 1.88 bits per heavy atom. The predicted molar refractivity (Wildman–Crippen MR) is 95.8 cm³/mol. The fraction of sp³-hybridized carbons (Fsp3) is 0.368. The predicted octanol–water partition coefficient (Wildman–Crippen LogP) is 1.82. The van der Waals surface area contributed by atoms with Gasteiger partial charge in [-0.25, -0.2) is 4.98 Å². The molecule has 2 heterocycles. The Morgan fingerprint density at radius 1 is 1.16 bits per heavy atom. The number of methoxy groups -OCH3 is 1. The number of ether oxygens (including phenoxy) is 2. The molecule has 25 heavy (non-hydrogen) atoms. The molecule has 6 nitrogen and oxygen atoms in total. The van der Waals surface area contributed by atoms with E-state index in [2.05, 4.69) is 15.2 Å². The first-order valence-corrected chi connectivity index (χ1v) is 8.45. The largest absolute Gasteiger partial charge is 0.481 e. The van der Waals surface area contributed by atoms with Crippen LogP contribution >= 0.6 is 0 Å². The highest BCUT2D eigenvalue weighted by Crippen LogP contribution is 2.20. The van der Waals surface area contributed by atoms with Gasteiger partial charge in [-0.15, -0.1) is 0 Å². The lowest BCUT2D eigenvalue weighted by atomic mass is 10.1. The molecule has 0 aliphatic carbocycles. The maximum absolute atomic E-state index is 12.2. The molecule has 1 aromatic carbocycles. The van der Waals surface area contributed by atoms with Crippen LogP contribution in [0.15, 0.2) is 42.6 Å². The number of carbonyl (C=O) groups is 1. The Balaban J connectivity index is 1.52. The van der Waals surface area contributed by atoms with E-state index in [9.17, 15) is 4.79 Å². The number of pyridine rings is 1. The molecule has 2 aromatic rings. The first kappa shape index (κ1) is 17.4. The normalized spacial score (nSPS) is 14.9. The molecule has 0 spiro atoms. The minimum absolute atomic E-state index is 0.0485. The molecule has 1 saturated heterocycles. The van der Waals surface area contributed by atoms with Crippen LogP contribution in [-0.4, -0.2) is 62.3 Å². The van der Waals surface area contributed by atoms with Crippen LogP contribution < -0.4 is 10.1 Å². The van der Waals surface area contributed by atoms with Crippen molar-refractivity contribution < 1.29 is 14.3 Å². The molecule has 0 bridgehead atoms. The number of hydrogen-bond acceptors (Lipinski definition) is 5. The smallest absolute Gasteiger partial charge is 0.251 e. The molecule has 1 fully saturated rings. The first-order valence-electron chi connectivity index (χ1n) is 8.45. The van der Waals surface area contributed by atoms with Crippen molar-refractivity contribution in [3.05, 3.63) is 48.2 Å². The van der Waals surface area contributed by atoms with E-state index in [1.54, 1.807) is 13.3 Å². The number of aromatic nitrogens is 1. The van der Waals surface area contributed by atoms with Gasteiger partial charge in [0.15, 0.2) is 0 Å². The van der Waals surface area contributed by atoms with Crippen LogP contribution in [0.25, 0.3) is 11.1 Å². The summed E-state index contributed by atoms with van der Waals surface area (Å²) in [6.45, 7) is 4.90. The van der Waals surface area contributed by atoms with Gasteiger partial charge >= 0.3 is 0 Å². The number of rotatable bonds is 6. The van der Waals surface area contributed by atoms with Gasteiger partial charge < -0.3 is 14.8 Å². The second-order valence-corrected chi connectivity index (χ2v) is 5.88. The van der Waals surface area contributed by atoms with Gasteiger partial charge in [-0.1, -0.05) is 12.1 Å². The zero-order valence-electron chi connectivity index (χ0n) is 14.4. The van der Waals surface area contributed by atoms with Crippen LogP contribution in [0.1, 0.15) is 10.4 Å². The summed E-state index contributed by atoms with van der Waals surface area (Å²) in [4.78, 5) is 18.7. The second-order valence-electron chi connectivity index (χ2n) is 5.88.